The van der Waals surface area contributed by atoms with E-state index >= 15 is 0 Å². The van der Waals surface area contributed by atoms with Gasteiger partial charge in [-0.1, -0.05) is 18.9 Å². The monoisotopic (exact) mass is 264 g/mol. The molecular formula is C14H17FN2O2. The Balaban J connectivity index is 2.39. The van der Waals surface area contributed by atoms with E-state index in [1.54, 1.807) is 17.0 Å². The SMILES string of the molecule is NC(=O)CN(c1cccc(F)c1C=O)C1CCCC1. The third-order valence-corrected chi connectivity index (χ3v) is 3.55. The summed E-state index contributed by atoms with van der Waals surface area (Å²) in [6.45, 7) is 0.00889. The van der Waals surface area contributed by atoms with Crippen LogP contribution in [-0.2, 0) is 4.79 Å². The van der Waals surface area contributed by atoms with E-state index in [4.69, 9.17) is 5.73 Å². The van der Waals surface area contributed by atoms with Crippen LogP contribution in [0.5, 0.6) is 0 Å². The first-order valence-electron chi connectivity index (χ1n) is 6.42. The fourth-order valence-electron chi connectivity index (χ4n) is 2.69. The Morgan fingerprint density at radius 1 is 1.42 bits per heavy atom. The third-order valence-electron chi connectivity index (χ3n) is 3.55. The number of hydrogen-bond donors (Lipinski definition) is 1. The molecule has 0 atom stereocenters. The predicted molar refractivity (Wildman–Crippen MR) is 70.6 cm³/mol. The fourth-order valence-corrected chi connectivity index (χ4v) is 2.69. The largest absolute Gasteiger partial charge is 0.368 e. The van der Waals surface area contributed by atoms with Crippen LogP contribution in [0.1, 0.15) is 36.0 Å². The van der Waals surface area contributed by atoms with Crippen molar-refractivity contribution in [2.45, 2.75) is 31.7 Å². The first-order valence-corrected chi connectivity index (χ1v) is 6.42. The van der Waals surface area contributed by atoms with Gasteiger partial charge in [-0.15, -0.1) is 0 Å². The van der Waals surface area contributed by atoms with Gasteiger partial charge in [0.2, 0.25) is 5.91 Å². The number of nitrogens with two attached hydrogens (primary N) is 1. The van der Waals surface area contributed by atoms with E-state index in [1.807, 2.05) is 0 Å². The van der Waals surface area contributed by atoms with E-state index in [2.05, 4.69) is 0 Å². The van der Waals surface area contributed by atoms with Crippen LogP contribution in [0.15, 0.2) is 18.2 Å². The molecule has 0 saturated heterocycles. The molecule has 1 fully saturated rings. The topological polar surface area (TPSA) is 63.4 Å². The number of carbonyl (C=O) groups excluding carboxylic acids is 2. The fraction of sp³-hybridized carbons (Fsp3) is 0.429. The molecule has 0 radical (unpaired) electrons. The van der Waals surface area contributed by atoms with Gasteiger partial charge in [-0.3, -0.25) is 9.59 Å². The summed E-state index contributed by atoms with van der Waals surface area (Å²) in [6, 6.07) is 4.59. The summed E-state index contributed by atoms with van der Waals surface area (Å²) in [6.07, 6.45) is 4.51. The average molecular weight is 264 g/mol. The second-order valence-corrected chi connectivity index (χ2v) is 4.82. The number of nitrogens with zero attached hydrogens (tertiary/aromatic N) is 1. The zero-order valence-electron chi connectivity index (χ0n) is 10.6. The molecule has 19 heavy (non-hydrogen) atoms. The van der Waals surface area contributed by atoms with Crippen molar-refractivity contribution in [1.29, 1.82) is 0 Å². The Morgan fingerprint density at radius 3 is 2.68 bits per heavy atom. The van der Waals surface area contributed by atoms with Gasteiger partial charge in [0.25, 0.3) is 0 Å². The Labute approximate surface area is 111 Å². The van der Waals surface area contributed by atoms with Crippen molar-refractivity contribution in [2.24, 2.45) is 5.73 Å². The highest BCUT2D eigenvalue weighted by molar-refractivity contribution is 5.87. The summed E-state index contributed by atoms with van der Waals surface area (Å²) in [5, 5.41) is 0. The van der Waals surface area contributed by atoms with E-state index in [9.17, 15) is 14.0 Å². The molecule has 0 aromatic heterocycles. The summed E-state index contributed by atoms with van der Waals surface area (Å²) >= 11 is 0. The van der Waals surface area contributed by atoms with Gasteiger partial charge in [-0.2, -0.15) is 0 Å². The molecule has 1 aliphatic carbocycles. The summed E-state index contributed by atoms with van der Waals surface area (Å²) in [7, 11) is 0. The number of halogens is 1. The molecule has 102 valence electrons. The van der Waals surface area contributed by atoms with Crippen molar-refractivity contribution >= 4 is 17.9 Å². The number of amides is 1. The molecule has 1 amide bonds. The first kappa shape index (κ1) is 13.5. The lowest BCUT2D eigenvalue weighted by molar-refractivity contribution is -0.116. The van der Waals surface area contributed by atoms with Gasteiger partial charge in [0, 0.05) is 6.04 Å². The van der Waals surface area contributed by atoms with Crippen LogP contribution >= 0.6 is 0 Å². The highest BCUT2D eigenvalue weighted by atomic mass is 19.1. The van der Waals surface area contributed by atoms with Gasteiger partial charge in [0.1, 0.15) is 5.82 Å². The minimum atomic E-state index is -0.569. The molecule has 2 rings (SSSR count). The Bertz CT molecular complexity index is 484. The van der Waals surface area contributed by atoms with Gasteiger partial charge in [-0.05, 0) is 25.0 Å². The minimum Gasteiger partial charge on any atom is -0.368 e. The molecule has 5 heteroatoms. The lowest BCUT2D eigenvalue weighted by atomic mass is 10.1. The number of anilines is 1. The number of primary amides is 1. The van der Waals surface area contributed by atoms with E-state index in [0.29, 0.717) is 12.0 Å². The Hall–Kier alpha value is -1.91. The zero-order valence-corrected chi connectivity index (χ0v) is 10.6. The maximum absolute atomic E-state index is 13.7. The summed E-state index contributed by atoms with van der Waals surface area (Å²) in [4.78, 5) is 24.1. The quantitative estimate of drug-likeness (QED) is 0.826. The van der Waals surface area contributed by atoms with Gasteiger partial charge in [0.15, 0.2) is 6.29 Å². The zero-order chi connectivity index (χ0) is 13.8. The molecule has 0 heterocycles. The molecule has 0 aliphatic heterocycles. The van der Waals surface area contributed by atoms with Crippen LogP contribution in [0.3, 0.4) is 0 Å². The lowest BCUT2D eigenvalue weighted by Crippen LogP contribution is -2.40. The molecule has 2 N–H and O–H groups in total. The number of carbonyl (C=O) groups is 2. The van der Waals surface area contributed by atoms with Gasteiger partial charge < -0.3 is 10.6 Å². The number of rotatable bonds is 5. The Morgan fingerprint density at radius 2 is 2.11 bits per heavy atom. The van der Waals surface area contributed by atoms with E-state index < -0.39 is 11.7 Å². The van der Waals surface area contributed by atoms with Crippen molar-refractivity contribution in [2.75, 3.05) is 11.4 Å². The second kappa shape index (κ2) is 5.82. The van der Waals surface area contributed by atoms with Gasteiger partial charge in [-0.25, -0.2) is 4.39 Å². The Kier molecular flexibility index (Phi) is 4.14. The van der Waals surface area contributed by atoms with Crippen molar-refractivity contribution in [1.82, 2.24) is 0 Å². The molecule has 1 aromatic carbocycles. The summed E-state index contributed by atoms with van der Waals surface area (Å²) < 4.78 is 13.7. The standard InChI is InChI=1S/C14H17FN2O2/c15-12-6-3-7-13(11(12)9-18)17(8-14(16)19)10-4-1-2-5-10/h3,6-7,9-10H,1-2,4-5,8H2,(H2,16,19). The van der Waals surface area contributed by atoms with E-state index in [-0.39, 0.29) is 18.2 Å². The summed E-state index contributed by atoms with van der Waals surface area (Å²) in [5.74, 6) is -1.05. The van der Waals surface area contributed by atoms with Crippen LogP contribution in [0.25, 0.3) is 0 Å². The number of aldehydes is 1. The molecule has 1 aliphatic rings. The van der Waals surface area contributed by atoms with E-state index in [0.717, 1.165) is 25.7 Å². The molecule has 1 saturated carbocycles. The van der Waals surface area contributed by atoms with Crippen molar-refractivity contribution in [3.05, 3.63) is 29.6 Å². The second-order valence-electron chi connectivity index (χ2n) is 4.82. The maximum atomic E-state index is 13.7. The maximum Gasteiger partial charge on any atom is 0.236 e. The highest BCUT2D eigenvalue weighted by Gasteiger charge is 2.26. The normalized spacial score (nSPS) is 15.4. The van der Waals surface area contributed by atoms with Crippen LogP contribution < -0.4 is 10.6 Å². The smallest absolute Gasteiger partial charge is 0.236 e. The molecule has 0 unspecified atom stereocenters. The molecule has 0 bridgehead atoms. The highest BCUT2D eigenvalue weighted by Crippen LogP contribution is 2.30. The first-order chi connectivity index (χ1) is 9.13. The van der Waals surface area contributed by atoms with Crippen molar-refractivity contribution in [3.63, 3.8) is 0 Å². The molecule has 1 aromatic rings. The predicted octanol–water partition coefficient (Wildman–Crippen LogP) is 1.87. The molecular weight excluding hydrogens is 247 g/mol. The van der Waals surface area contributed by atoms with Gasteiger partial charge >= 0.3 is 0 Å². The lowest BCUT2D eigenvalue weighted by Gasteiger charge is -2.31. The van der Waals surface area contributed by atoms with Crippen LogP contribution in [-0.4, -0.2) is 24.8 Å². The van der Waals surface area contributed by atoms with Gasteiger partial charge in [0.05, 0.1) is 17.8 Å². The van der Waals surface area contributed by atoms with Crippen molar-refractivity contribution < 1.29 is 14.0 Å². The minimum absolute atomic E-state index is 0.00403. The van der Waals surface area contributed by atoms with E-state index in [1.165, 1.54) is 6.07 Å². The van der Waals surface area contributed by atoms with Crippen LogP contribution in [0.2, 0.25) is 0 Å². The van der Waals surface area contributed by atoms with Crippen LogP contribution in [0, 0.1) is 5.82 Å². The number of hydrogen-bond acceptors (Lipinski definition) is 3. The van der Waals surface area contributed by atoms with Crippen molar-refractivity contribution in [3.8, 4) is 0 Å². The number of benzene rings is 1. The average Bonchev–Trinajstić information content (AvgIpc) is 2.89. The molecule has 0 spiro atoms. The summed E-state index contributed by atoms with van der Waals surface area (Å²) in [5.41, 5.74) is 5.72. The van der Waals surface area contributed by atoms with Crippen LogP contribution in [0.4, 0.5) is 10.1 Å². The molecule has 4 nitrogen and oxygen atoms in total. The third kappa shape index (κ3) is 2.92.